The summed E-state index contributed by atoms with van der Waals surface area (Å²) >= 11 is 0. The molecule has 1 aromatic carbocycles. The minimum atomic E-state index is -0.359. The highest BCUT2D eigenvalue weighted by atomic mass is 16.5. The van der Waals surface area contributed by atoms with Crippen LogP contribution in [0.15, 0.2) is 35.9 Å². The SMILES string of the molecule is COC(=O)/C(C)=C/COc1ccccc1CCO. The molecule has 0 fully saturated rings. The number of methoxy groups -OCH3 is 1. The molecular weight excluding hydrogens is 232 g/mol. The molecule has 0 amide bonds. The zero-order chi connectivity index (χ0) is 13.4. The van der Waals surface area contributed by atoms with Crippen molar-refractivity contribution >= 4 is 5.97 Å². The Balaban J connectivity index is 2.61. The van der Waals surface area contributed by atoms with Crippen LogP contribution in [-0.2, 0) is 16.0 Å². The van der Waals surface area contributed by atoms with Gasteiger partial charge < -0.3 is 14.6 Å². The summed E-state index contributed by atoms with van der Waals surface area (Å²) in [6, 6.07) is 7.51. The number of para-hydroxylation sites is 1. The first-order valence-electron chi connectivity index (χ1n) is 5.75. The fourth-order valence-electron chi connectivity index (χ4n) is 1.47. The van der Waals surface area contributed by atoms with E-state index in [2.05, 4.69) is 4.74 Å². The minimum absolute atomic E-state index is 0.0808. The quantitative estimate of drug-likeness (QED) is 0.617. The van der Waals surface area contributed by atoms with E-state index in [-0.39, 0.29) is 12.6 Å². The normalized spacial score (nSPS) is 11.2. The Hall–Kier alpha value is -1.81. The van der Waals surface area contributed by atoms with Gasteiger partial charge in [-0.25, -0.2) is 4.79 Å². The van der Waals surface area contributed by atoms with Crippen molar-refractivity contribution in [3.63, 3.8) is 0 Å². The number of benzene rings is 1. The summed E-state index contributed by atoms with van der Waals surface area (Å²) in [5, 5.41) is 8.93. The van der Waals surface area contributed by atoms with Gasteiger partial charge in [0.05, 0.1) is 7.11 Å². The molecule has 1 aromatic rings. The van der Waals surface area contributed by atoms with Crippen LogP contribution in [0.25, 0.3) is 0 Å². The molecule has 4 heteroatoms. The van der Waals surface area contributed by atoms with Gasteiger partial charge >= 0.3 is 5.97 Å². The predicted octanol–water partition coefficient (Wildman–Crippen LogP) is 1.72. The average Bonchev–Trinajstić information content (AvgIpc) is 2.40. The lowest BCUT2D eigenvalue weighted by Crippen LogP contribution is -2.05. The maximum Gasteiger partial charge on any atom is 0.333 e. The summed E-state index contributed by atoms with van der Waals surface area (Å²) in [5.41, 5.74) is 1.46. The number of aliphatic hydroxyl groups excluding tert-OH is 1. The molecule has 1 rings (SSSR count). The Morgan fingerprint density at radius 1 is 1.39 bits per heavy atom. The van der Waals surface area contributed by atoms with Crippen molar-refractivity contribution in [3.05, 3.63) is 41.5 Å². The topological polar surface area (TPSA) is 55.8 Å². The fraction of sp³-hybridized carbons (Fsp3) is 0.357. The molecule has 0 aromatic heterocycles. The molecule has 0 heterocycles. The molecule has 0 spiro atoms. The van der Waals surface area contributed by atoms with E-state index >= 15 is 0 Å². The molecule has 0 unspecified atom stereocenters. The van der Waals surface area contributed by atoms with E-state index in [9.17, 15) is 4.79 Å². The Morgan fingerprint density at radius 3 is 2.78 bits per heavy atom. The van der Waals surface area contributed by atoms with Gasteiger partial charge in [-0.3, -0.25) is 0 Å². The standard InChI is InChI=1S/C14H18O4/c1-11(14(16)17-2)8-10-18-13-6-4-3-5-12(13)7-9-15/h3-6,8,15H,7,9-10H2,1-2H3/b11-8+. The summed E-state index contributed by atoms with van der Waals surface area (Å²) in [6.45, 7) is 2.05. The predicted molar refractivity (Wildman–Crippen MR) is 68.5 cm³/mol. The summed E-state index contributed by atoms with van der Waals surface area (Å²) < 4.78 is 10.1. The Bertz CT molecular complexity index is 424. The second kappa shape index (κ2) is 7.50. The van der Waals surface area contributed by atoms with Crippen LogP contribution in [-0.4, -0.2) is 31.4 Å². The van der Waals surface area contributed by atoms with Gasteiger partial charge in [0.25, 0.3) is 0 Å². The zero-order valence-electron chi connectivity index (χ0n) is 10.7. The summed E-state index contributed by atoms with van der Waals surface area (Å²) in [4.78, 5) is 11.1. The number of carbonyl (C=O) groups excluding carboxylic acids is 1. The Morgan fingerprint density at radius 2 is 2.11 bits per heavy atom. The number of esters is 1. The molecule has 0 radical (unpaired) electrons. The van der Waals surface area contributed by atoms with Crippen LogP contribution in [0.4, 0.5) is 0 Å². The molecule has 0 bridgehead atoms. The first-order valence-corrected chi connectivity index (χ1v) is 5.75. The molecule has 0 aliphatic carbocycles. The largest absolute Gasteiger partial charge is 0.489 e. The first kappa shape index (κ1) is 14.3. The van der Waals surface area contributed by atoms with E-state index in [1.807, 2.05) is 24.3 Å². The van der Waals surface area contributed by atoms with Crippen LogP contribution >= 0.6 is 0 Å². The second-order valence-electron chi connectivity index (χ2n) is 3.77. The molecule has 98 valence electrons. The van der Waals surface area contributed by atoms with Crippen LogP contribution < -0.4 is 4.74 Å². The van der Waals surface area contributed by atoms with Gasteiger partial charge in [-0.2, -0.15) is 0 Å². The molecule has 0 aliphatic heterocycles. The van der Waals surface area contributed by atoms with Crippen molar-refractivity contribution in [1.29, 1.82) is 0 Å². The summed E-state index contributed by atoms with van der Waals surface area (Å²) in [6.07, 6.45) is 2.22. The van der Waals surface area contributed by atoms with E-state index in [1.54, 1.807) is 13.0 Å². The maximum absolute atomic E-state index is 11.1. The number of carbonyl (C=O) groups is 1. The summed E-state index contributed by atoms with van der Waals surface area (Å²) in [7, 11) is 1.34. The van der Waals surface area contributed by atoms with Gasteiger partial charge in [0.15, 0.2) is 0 Å². The van der Waals surface area contributed by atoms with Crippen molar-refractivity contribution < 1.29 is 19.4 Å². The van der Waals surface area contributed by atoms with Crippen molar-refractivity contribution in [1.82, 2.24) is 0 Å². The molecule has 0 saturated heterocycles. The van der Waals surface area contributed by atoms with Crippen LogP contribution in [0.1, 0.15) is 12.5 Å². The summed E-state index contributed by atoms with van der Waals surface area (Å²) in [5.74, 6) is 0.364. The third-order valence-corrected chi connectivity index (χ3v) is 2.49. The zero-order valence-corrected chi connectivity index (χ0v) is 10.7. The van der Waals surface area contributed by atoms with Crippen LogP contribution in [0, 0.1) is 0 Å². The highest BCUT2D eigenvalue weighted by molar-refractivity contribution is 5.87. The van der Waals surface area contributed by atoms with Gasteiger partial charge in [0.2, 0.25) is 0 Å². The number of aliphatic hydroxyl groups is 1. The van der Waals surface area contributed by atoms with Gasteiger partial charge in [-0.1, -0.05) is 18.2 Å². The van der Waals surface area contributed by atoms with Gasteiger partial charge in [0, 0.05) is 12.2 Å². The van der Waals surface area contributed by atoms with Gasteiger partial charge in [0.1, 0.15) is 12.4 Å². The van der Waals surface area contributed by atoms with Gasteiger partial charge in [-0.15, -0.1) is 0 Å². The fourth-order valence-corrected chi connectivity index (χ4v) is 1.47. The lowest BCUT2D eigenvalue weighted by molar-refractivity contribution is -0.136. The third-order valence-electron chi connectivity index (χ3n) is 2.49. The first-order chi connectivity index (χ1) is 8.69. The molecule has 0 saturated carbocycles. The molecule has 1 N–H and O–H groups in total. The Kier molecular flexibility index (Phi) is 5.94. The number of ether oxygens (including phenoxy) is 2. The monoisotopic (exact) mass is 250 g/mol. The van der Waals surface area contributed by atoms with E-state index in [4.69, 9.17) is 9.84 Å². The highest BCUT2D eigenvalue weighted by Crippen LogP contribution is 2.18. The van der Waals surface area contributed by atoms with Crippen LogP contribution in [0.5, 0.6) is 5.75 Å². The number of hydrogen-bond acceptors (Lipinski definition) is 4. The van der Waals surface area contributed by atoms with E-state index in [0.29, 0.717) is 18.6 Å². The average molecular weight is 250 g/mol. The van der Waals surface area contributed by atoms with Gasteiger partial charge in [-0.05, 0) is 31.1 Å². The minimum Gasteiger partial charge on any atom is -0.489 e. The van der Waals surface area contributed by atoms with Crippen LogP contribution in [0.3, 0.4) is 0 Å². The van der Waals surface area contributed by atoms with Crippen molar-refractivity contribution in [2.24, 2.45) is 0 Å². The molecule has 4 nitrogen and oxygen atoms in total. The molecular formula is C14H18O4. The maximum atomic E-state index is 11.1. The smallest absolute Gasteiger partial charge is 0.333 e. The number of rotatable bonds is 6. The van der Waals surface area contributed by atoms with E-state index < -0.39 is 0 Å². The Labute approximate surface area is 107 Å². The number of hydrogen-bond donors (Lipinski definition) is 1. The van der Waals surface area contributed by atoms with Crippen molar-refractivity contribution in [3.8, 4) is 5.75 Å². The third kappa shape index (κ3) is 4.22. The van der Waals surface area contributed by atoms with Crippen molar-refractivity contribution in [2.45, 2.75) is 13.3 Å². The highest BCUT2D eigenvalue weighted by Gasteiger charge is 2.04. The van der Waals surface area contributed by atoms with E-state index in [1.165, 1.54) is 7.11 Å². The molecule has 18 heavy (non-hydrogen) atoms. The molecule has 0 atom stereocenters. The van der Waals surface area contributed by atoms with Crippen molar-refractivity contribution in [2.75, 3.05) is 20.3 Å². The lowest BCUT2D eigenvalue weighted by atomic mass is 10.1. The second-order valence-corrected chi connectivity index (χ2v) is 3.77. The lowest BCUT2D eigenvalue weighted by Gasteiger charge is -2.09. The van der Waals surface area contributed by atoms with Crippen LogP contribution in [0.2, 0.25) is 0 Å². The molecule has 0 aliphatic rings. The van der Waals surface area contributed by atoms with E-state index in [0.717, 1.165) is 11.3 Å².